The second-order valence-corrected chi connectivity index (χ2v) is 9.22. The molecule has 1 aliphatic rings. The van der Waals surface area contributed by atoms with Gasteiger partial charge >= 0.3 is 0 Å². The van der Waals surface area contributed by atoms with Gasteiger partial charge in [0, 0.05) is 6.04 Å². The molecule has 12 heteroatoms. The van der Waals surface area contributed by atoms with Gasteiger partial charge in [0.2, 0.25) is 10.0 Å². The van der Waals surface area contributed by atoms with Crippen LogP contribution in [0.5, 0.6) is 5.75 Å². The lowest BCUT2D eigenvalue weighted by molar-refractivity contribution is 0.0913. The van der Waals surface area contributed by atoms with Crippen LogP contribution in [0.15, 0.2) is 23.1 Å². The first-order valence-corrected chi connectivity index (χ1v) is 11.3. The molecule has 0 spiro atoms. The van der Waals surface area contributed by atoms with Gasteiger partial charge in [-0.2, -0.15) is 8.42 Å². The molecule has 0 unspecified atom stereocenters. The summed E-state index contributed by atoms with van der Waals surface area (Å²) in [4.78, 5) is 14.5. The van der Waals surface area contributed by atoms with E-state index in [0.717, 1.165) is 25.9 Å². The first-order chi connectivity index (χ1) is 12.3. The monoisotopic (exact) mass is 423 g/mol. The number of benzene rings is 1. The SMILES string of the molecule is COc1ccc(S(N)(=O)=O)cc1C(=O)NC1CCN(C)CC1.CS(=O)(=O)O. The Morgan fingerprint density at radius 2 is 1.78 bits per heavy atom. The molecule has 1 aliphatic heterocycles. The summed E-state index contributed by atoms with van der Waals surface area (Å²) >= 11 is 0. The number of carbonyl (C=O) groups excluding carboxylic acids is 1. The number of sulfonamides is 1. The lowest BCUT2D eigenvalue weighted by atomic mass is 10.0. The van der Waals surface area contributed by atoms with Gasteiger partial charge in [-0.25, -0.2) is 13.6 Å². The summed E-state index contributed by atoms with van der Waals surface area (Å²) < 4.78 is 53.9. The van der Waals surface area contributed by atoms with E-state index in [-0.39, 0.29) is 22.4 Å². The molecule has 0 bridgehead atoms. The van der Waals surface area contributed by atoms with Crippen molar-refractivity contribution in [3.8, 4) is 5.75 Å². The standard InChI is InChI=1S/C14H21N3O4S.CH4O3S/c1-17-7-5-10(6-8-17)16-14(18)12-9-11(22(15,19)20)3-4-13(12)21-2;1-5(2,3)4/h3-4,9-10H,5-8H2,1-2H3,(H,16,18)(H2,15,19,20);1H3,(H,2,3,4). The first kappa shape index (κ1) is 23.3. The third kappa shape index (κ3) is 8.67. The third-order valence-corrected chi connectivity index (χ3v) is 4.71. The zero-order chi connectivity index (χ0) is 20.8. The van der Waals surface area contributed by atoms with E-state index >= 15 is 0 Å². The van der Waals surface area contributed by atoms with E-state index in [9.17, 15) is 21.6 Å². The van der Waals surface area contributed by atoms with Crippen LogP contribution in [0.4, 0.5) is 0 Å². The molecule has 0 saturated carbocycles. The Morgan fingerprint density at radius 1 is 1.26 bits per heavy atom. The van der Waals surface area contributed by atoms with Crippen LogP contribution < -0.4 is 15.2 Å². The van der Waals surface area contributed by atoms with Gasteiger partial charge in [0.25, 0.3) is 16.0 Å². The summed E-state index contributed by atoms with van der Waals surface area (Å²) in [6, 6.07) is 4.08. The predicted molar refractivity (Wildman–Crippen MR) is 99.8 cm³/mol. The normalized spacial score (nSPS) is 16.2. The summed E-state index contributed by atoms with van der Waals surface area (Å²) in [6.07, 6.45) is 2.44. The smallest absolute Gasteiger partial charge is 0.261 e. The van der Waals surface area contributed by atoms with Crippen molar-refractivity contribution in [2.75, 3.05) is 33.5 Å². The molecule has 1 aromatic carbocycles. The molecular weight excluding hydrogens is 398 g/mol. The lowest BCUT2D eigenvalue weighted by Crippen LogP contribution is -2.43. The van der Waals surface area contributed by atoms with Crippen molar-refractivity contribution in [2.45, 2.75) is 23.8 Å². The van der Waals surface area contributed by atoms with E-state index in [2.05, 4.69) is 10.2 Å². The zero-order valence-corrected chi connectivity index (χ0v) is 17.0. The Balaban J connectivity index is 0.000000646. The Labute approximate surface area is 159 Å². The Hall–Kier alpha value is -1.73. The maximum atomic E-state index is 12.4. The number of hydrogen-bond acceptors (Lipinski definition) is 7. The largest absolute Gasteiger partial charge is 0.496 e. The average molecular weight is 424 g/mol. The van der Waals surface area contributed by atoms with Gasteiger partial charge in [0.15, 0.2) is 0 Å². The minimum absolute atomic E-state index is 0.0755. The van der Waals surface area contributed by atoms with Gasteiger partial charge in [-0.3, -0.25) is 9.35 Å². The summed E-state index contributed by atoms with van der Waals surface area (Å²) in [5.41, 5.74) is 0.174. The molecule has 4 N–H and O–H groups in total. The number of piperidine rings is 1. The fourth-order valence-corrected chi connectivity index (χ4v) is 3.00. The minimum atomic E-state index is -3.87. The topological polar surface area (TPSA) is 156 Å². The molecule has 1 amide bonds. The van der Waals surface area contributed by atoms with Crippen LogP contribution in [-0.2, 0) is 20.1 Å². The van der Waals surface area contributed by atoms with Crippen molar-refractivity contribution >= 4 is 26.0 Å². The van der Waals surface area contributed by atoms with Crippen molar-refractivity contribution in [3.63, 3.8) is 0 Å². The molecule has 1 aromatic rings. The maximum Gasteiger partial charge on any atom is 0.261 e. The number of amides is 1. The maximum absolute atomic E-state index is 12.4. The quantitative estimate of drug-likeness (QED) is 0.556. The molecule has 10 nitrogen and oxygen atoms in total. The number of nitrogens with zero attached hydrogens (tertiary/aromatic N) is 1. The number of nitrogens with two attached hydrogens (primary N) is 1. The van der Waals surface area contributed by atoms with Crippen molar-refractivity contribution in [1.29, 1.82) is 0 Å². The molecular formula is C15H25N3O7S2. The number of hydrogen-bond donors (Lipinski definition) is 3. The van der Waals surface area contributed by atoms with E-state index in [1.165, 1.54) is 25.3 Å². The van der Waals surface area contributed by atoms with Gasteiger partial charge in [-0.05, 0) is 51.2 Å². The van der Waals surface area contributed by atoms with E-state index in [1.807, 2.05) is 7.05 Å². The van der Waals surface area contributed by atoms with E-state index < -0.39 is 20.1 Å². The van der Waals surface area contributed by atoms with E-state index in [0.29, 0.717) is 12.0 Å². The van der Waals surface area contributed by atoms with Crippen LogP contribution >= 0.6 is 0 Å². The number of methoxy groups -OCH3 is 1. The number of ether oxygens (including phenoxy) is 1. The van der Waals surface area contributed by atoms with Crippen molar-refractivity contribution in [3.05, 3.63) is 23.8 Å². The van der Waals surface area contributed by atoms with Crippen LogP contribution in [-0.4, -0.2) is 71.7 Å². The molecule has 1 saturated heterocycles. The van der Waals surface area contributed by atoms with Crippen LogP contribution in [0.2, 0.25) is 0 Å². The number of carbonyl (C=O) groups is 1. The second-order valence-electron chi connectivity index (χ2n) is 6.19. The minimum Gasteiger partial charge on any atom is -0.496 e. The van der Waals surface area contributed by atoms with Crippen LogP contribution in [0.1, 0.15) is 23.2 Å². The average Bonchev–Trinajstić information content (AvgIpc) is 2.54. The second kappa shape index (κ2) is 9.46. The van der Waals surface area contributed by atoms with Gasteiger partial charge in [0.1, 0.15) is 5.75 Å². The molecule has 154 valence electrons. The van der Waals surface area contributed by atoms with Gasteiger partial charge < -0.3 is 15.0 Å². The van der Waals surface area contributed by atoms with Crippen molar-refractivity contribution in [1.82, 2.24) is 10.2 Å². The highest BCUT2D eigenvalue weighted by Crippen LogP contribution is 2.22. The summed E-state index contributed by atoms with van der Waals surface area (Å²) in [6.45, 7) is 1.83. The molecule has 0 atom stereocenters. The highest BCUT2D eigenvalue weighted by atomic mass is 32.2. The molecule has 2 rings (SSSR count). The number of likely N-dealkylation sites (tertiary alicyclic amines) is 1. The Kier molecular flexibility index (Phi) is 8.17. The fourth-order valence-electron chi connectivity index (χ4n) is 2.46. The lowest BCUT2D eigenvalue weighted by Gasteiger charge is -2.29. The molecule has 27 heavy (non-hydrogen) atoms. The summed E-state index contributed by atoms with van der Waals surface area (Å²) in [5, 5.41) is 8.04. The van der Waals surface area contributed by atoms with Crippen LogP contribution in [0, 0.1) is 0 Å². The van der Waals surface area contributed by atoms with Gasteiger partial charge in [-0.1, -0.05) is 0 Å². The number of primary sulfonamides is 1. The van der Waals surface area contributed by atoms with Crippen LogP contribution in [0.3, 0.4) is 0 Å². The molecule has 1 heterocycles. The zero-order valence-electron chi connectivity index (χ0n) is 15.4. The van der Waals surface area contributed by atoms with Crippen molar-refractivity contribution < 1.29 is 30.9 Å². The van der Waals surface area contributed by atoms with Crippen molar-refractivity contribution in [2.24, 2.45) is 5.14 Å². The molecule has 1 fully saturated rings. The summed E-state index contributed by atoms with van der Waals surface area (Å²) in [5.74, 6) is -0.0327. The summed E-state index contributed by atoms with van der Waals surface area (Å²) in [7, 11) is -4.07. The van der Waals surface area contributed by atoms with E-state index in [1.54, 1.807) is 0 Å². The molecule has 0 aliphatic carbocycles. The van der Waals surface area contributed by atoms with Gasteiger partial charge in [-0.15, -0.1) is 0 Å². The molecule has 0 radical (unpaired) electrons. The third-order valence-electron chi connectivity index (χ3n) is 3.80. The van der Waals surface area contributed by atoms with Crippen LogP contribution in [0.25, 0.3) is 0 Å². The number of nitrogens with one attached hydrogen (secondary N) is 1. The highest BCUT2D eigenvalue weighted by molar-refractivity contribution is 7.89. The Bertz CT molecular complexity index is 853. The fraction of sp³-hybridized carbons (Fsp3) is 0.533. The first-order valence-electron chi connectivity index (χ1n) is 7.94. The number of rotatable bonds is 4. The Morgan fingerprint density at radius 3 is 2.22 bits per heavy atom. The van der Waals surface area contributed by atoms with E-state index in [4.69, 9.17) is 14.4 Å². The predicted octanol–water partition coefficient (Wildman–Crippen LogP) is -0.329. The molecule has 0 aromatic heterocycles. The van der Waals surface area contributed by atoms with Gasteiger partial charge in [0.05, 0.1) is 23.8 Å². The highest BCUT2D eigenvalue weighted by Gasteiger charge is 2.22.